The number of carbonyl (C=O) groups is 1. The minimum atomic E-state index is -0.0389. The highest BCUT2D eigenvalue weighted by Crippen LogP contribution is 2.44. The molecule has 2 N–H and O–H groups in total. The third kappa shape index (κ3) is 4.20. The van der Waals surface area contributed by atoms with E-state index in [1.807, 2.05) is 30.3 Å². The standard InChI is InChI=1S/C18H22N2O3/c21-13-18(9-10-18)12-20-16(22)7-4-8-17-19-11-15(23-17)14-5-2-1-3-6-14/h1-3,5-6,11,21H,4,7-10,12-13H2,(H,20,22). The molecule has 3 rings (SSSR count). The lowest BCUT2D eigenvalue weighted by atomic mass is 10.1. The number of amides is 1. The molecule has 0 spiro atoms. The van der Waals surface area contributed by atoms with Crippen molar-refractivity contribution in [3.63, 3.8) is 0 Å². The van der Waals surface area contributed by atoms with E-state index >= 15 is 0 Å². The van der Waals surface area contributed by atoms with Gasteiger partial charge in [0, 0.05) is 30.4 Å². The molecule has 23 heavy (non-hydrogen) atoms. The Labute approximate surface area is 135 Å². The van der Waals surface area contributed by atoms with Crippen LogP contribution in [0, 0.1) is 5.41 Å². The summed E-state index contributed by atoms with van der Waals surface area (Å²) in [5, 5.41) is 12.1. The molecule has 1 fully saturated rings. The Morgan fingerprint density at radius 3 is 2.78 bits per heavy atom. The first-order chi connectivity index (χ1) is 11.2. The maximum Gasteiger partial charge on any atom is 0.220 e. The normalized spacial score (nSPS) is 15.3. The van der Waals surface area contributed by atoms with Crippen LogP contribution in [0.1, 0.15) is 31.6 Å². The van der Waals surface area contributed by atoms with E-state index in [0.717, 1.165) is 24.2 Å². The quantitative estimate of drug-likeness (QED) is 0.785. The fourth-order valence-corrected chi connectivity index (χ4v) is 2.50. The lowest BCUT2D eigenvalue weighted by Crippen LogP contribution is -2.31. The predicted molar refractivity (Wildman–Crippen MR) is 86.6 cm³/mol. The summed E-state index contributed by atoms with van der Waals surface area (Å²) in [6, 6.07) is 9.84. The van der Waals surface area contributed by atoms with Crippen molar-refractivity contribution in [2.24, 2.45) is 5.41 Å². The Morgan fingerprint density at radius 1 is 1.30 bits per heavy atom. The lowest BCUT2D eigenvalue weighted by molar-refractivity contribution is -0.121. The molecule has 5 nitrogen and oxygen atoms in total. The molecule has 1 aromatic carbocycles. The van der Waals surface area contributed by atoms with Gasteiger partial charge >= 0.3 is 0 Å². The van der Waals surface area contributed by atoms with Crippen LogP contribution < -0.4 is 5.32 Å². The Kier molecular flexibility index (Phi) is 4.76. The molecule has 0 saturated heterocycles. The second-order valence-corrected chi connectivity index (χ2v) is 6.27. The van der Waals surface area contributed by atoms with Crippen LogP contribution in [0.25, 0.3) is 11.3 Å². The van der Waals surface area contributed by atoms with Crippen molar-refractivity contribution >= 4 is 5.91 Å². The van der Waals surface area contributed by atoms with Crippen molar-refractivity contribution in [1.29, 1.82) is 0 Å². The number of rotatable bonds is 8. The van der Waals surface area contributed by atoms with Gasteiger partial charge in [-0.1, -0.05) is 30.3 Å². The Bertz CT molecular complexity index is 647. The summed E-state index contributed by atoms with van der Waals surface area (Å²) in [6.07, 6.45) is 5.52. The fourth-order valence-electron chi connectivity index (χ4n) is 2.50. The van der Waals surface area contributed by atoms with Gasteiger partial charge in [0.2, 0.25) is 5.91 Å². The maximum atomic E-state index is 11.8. The SMILES string of the molecule is O=C(CCCc1ncc(-c2ccccc2)o1)NCC1(CO)CC1. The van der Waals surface area contributed by atoms with Crippen molar-refractivity contribution in [3.05, 3.63) is 42.4 Å². The Hall–Kier alpha value is -2.14. The number of aryl methyl sites for hydroxylation is 1. The van der Waals surface area contributed by atoms with E-state index < -0.39 is 0 Å². The molecule has 1 aliphatic rings. The van der Waals surface area contributed by atoms with Crippen LogP contribution in [-0.2, 0) is 11.2 Å². The van der Waals surface area contributed by atoms with Gasteiger partial charge in [-0.25, -0.2) is 4.98 Å². The summed E-state index contributed by atoms with van der Waals surface area (Å²) in [4.78, 5) is 16.1. The zero-order chi connectivity index (χ0) is 16.1. The molecule has 1 aromatic heterocycles. The number of aliphatic hydroxyl groups excluding tert-OH is 1. The number of hydrogen-bond donors (Lipinski definition) is 2. The van der Waals surface area contributed by atoms with Gasteiger partial charge in [0.1, 0.15) is 0 Å². The molecule has 0 radical (unpaired) electrons. The number of oxazole rings is 1. The summed E-state index contributed by atoms with van der Waals surface area (Å²) in [7, 11) is 0. The molecule has 5 heteroatoms. The topological polar surface area (TPSA) is 75.4 Å². The number of benzene rings is 1. The minimum absolute atomic E-state index is 0.0274. The fraction of sp³-hybridized carbons (Fsp3) is 0.444. The summed E-state index contributed by atoms with van der Waals surface area (Å²) < 4.78 is 5.72. The van der Waals surface area contributed by atoms with Crippen LogP contribution >= 0.6 is 0 Å². The average molecular weight is 314 g/mol. The van der Waals surface area contributed by atoms with Crippen LogP contribution in [-0.4, -0.2) is 29.1 Å². The van der Waals surface area contributed by atoms with E-state index in [-0.39, 0.29) is 17.9 Å². The van der Waals surface area contributed by atoms with E-state index in [4.69, 9.17) is 4.42 Å². The van der Waals surface area contributed by atoms with Crippen molar-refractivity contribution in [3.8, 4) is 11.3 Å². The van der Waals surface area contributed by atoms with E-state index in [9.17, 15) is 9.90 Å². The number of nitrogens with one attached hydrogen (secondary N) is 1. The second kappa shape index (κ2) is 6.96. The van der Waals surface area contributed by atoms with Gasteiger partial charge in [-0.05, 0) is 19.3 Å². The first-order valence-electron chi connectivity index (χ1n) is 8.08. The molecule has 0 atom stereocenters. The molecule has 1 heterocycles. The predicted octanol–water partition coefficient (Wildman–Crippen LogP) is 2.55. The molecule has 122 valence electrons. The van der Waals surface area contributed by atoms with Crippen molar-refractivity contribution in [1.82, 2.24) is 10.3 Å². The molecule has 2 aromatic rings. The minimum Gasteiger partial charge on any atom is -0.441 e. The van der Waals surface area contributed by atoms with Gasteiger partial charge in [0.25, 0.3) is 0 Å². The summed E-state index contributed by atoms with van der Waals surface area (Å²) in [5.41, 5.74) is 0.964. The zero-order valence-electron chi connectivity index (χ0n) is 13.1. The molecule has 0 aliphatic heterocycles. The average Bonchev–Trinajstić information content (AvgIpc) is 3.23. The highest BCUT2D eigenvalue weighted by atomic mass is 16.4. The number of aliphatic hydroxyl groups is 1. The Morgan fingerprint density at radius 2 is 2.09 bits per heavy atom. The largest absolute Gasteiger partial charge is 0.441 e. The Balaban J connectivity index is 1.41. The summed E-state index contributed by atoms with van der Waals surface area (Å²) >= 11 is 0. The van der Waals surface area contributed by atoms with Gasteiger partial charge in [-0.2, -0.15) is 0 Å². The third-order valence-electron chi connectivity index (χ3n) is 4.36. The van der Waals surface area contributed by atoms with Crippen LogP contribution in [0.3, 0.4) is 0 Å². The molecule has 1 aliphatic carbocycles. The molecule has 0 unspecified atom stereocenters. The number of nitrogens with zero attached hydrogens (tertiary/aromatic N) is 1. The number of carbonyl (C=O) groups excluding carboxylic acids is 1. The third-order valence-corrected chi connectivity index (χ3v) is 4.36. The monoisotopic (exact) mass is 314 g/mol. The number of hydrogen-bond acceptors (Lipinski definition) is 4. The molecule has 1 saturated carbocycles. The highest BCUT2D eigenvalue weighted by Gasteiger charge is 2.41. The van der Waals surface area contributed by atoms with Crippen LogP contribution in [0.4, 0.5) is 0 Å². The molecule has 1 amide bonds. The van der Waals surface area contributed by atoms with Crippen LogP contribution in [0.2, 0.25) is 0 Å². The molecular formula is C18H22N2O3. The van der Waals surface area contributed by atoms with Gasteiger partial charge in [0.15, 0.2) is 11.7 Å². The van der Waals surface area contributed by atoms with E-state index in [1.165, 1.54) is 0 Å². The summed E-state index contributed by atoms with van der Waals surface area (Å²) in [6.45, 7) is 0.741. The van der Waals surface area contributed by atoms with Crippen molar-refractivity contribution in [2.45, 2.75) is 32.1 Å². The van der Waals surface area contributed by atoms with Gasteiger partial charge in [0.05, 0.1) is 12.8 Å². The van der Waals surface area contributed by atoms with E-state index in [1.54, 1.807) is 6.20 Å². The summed E-state index contributed by atoms with van der Waals surface area (Å²) in [5.74, 6) is 1.44. The second-order valence-electron chi connectivity index (χ2n) is 6.27. The molecule has 0 bridgehead atoms. The van der Waals surface area contributed by atoms with Crippen molar-refractivity contribution < 1.29 is 14.3 Å². The van der Waals surface area contributed by atoms with Crippen LogP contribution in [0.15, 0.2) is 40.9 Å². The lowest BCUT2D eigenvalue weighted by Gasteiger charge is -2.12. The highest BCUT2D eigenvalue weighted by molar-refractivity contribution is 5.75. The smallest absolute Gasteiger partial charge is 0.220 e. The van der Waals surface area contributed by atoms with Gasteiger partial charge in [-0.3, -0.25) is 4.79 Å². The van der Waals surface area contributed by atoms with Gasteiger partial charge < -0.3 is 14.8 Å². The van der Waals surface area contributed by atoms with Crippen LogP contribution in [0.5, 0.6) is 0 Å². The van der Waals surface area contributed by atoms with Gasteiger partial charge in [-0.15, -0.1) is 0 Å². The van der Waals surface area contributed by atoms with E-state index in [0.29, 0.717) is 31.7 Å². The maximum absolute atomic E-state index is 11.8. The zero-order valence-corrected chi connectivity index (χ0v) is 13.1. The first-order valence-corrected chi connectivity index (χ1v) is 8.08. The number of aromatic nitrogens is 1. The first kappa shape index (κ1) is 15.7. The molecular weight excluding hydrogens is 292 g/mol. The van der Waals surface area contributed by atoms with Crippen molar-refractivity contribution in [2.75, 3.05) is 13.2 Å². The van der Waals surface area contributed by atoms with E-state index in [2.05, 4.69) is 10.3 Å².